The normalized spacial score (nSPS) is 31.3. The van der Waals surface area contributed by atoms with Crippen LogP contribution < -0.4 is 0 Å². The van der Waals surface area contributed by atoms with E-state index < -0.39 is 12.0 Å². The van der Waals surface area contributed by atoms with Gasteiger partial charge in [-0.05, 0) is 18.8 Å². The highest BCUT2D eigenvalue weighted by molar-refractivity contribution is 7.99. The second kappa shape index (κ2) is 6.03. The van der Waals surface area contributed by atoms with Gasteiger partial charge >= 0.3 is 12.0 Å². The average Bonchev–Trinajstić information content (AvgIpc) is 2.87. The highest BCUT2D eigenvalue weighted by Gasteiger charge is 2.38. The molecule has 0 radical (unpaired) electrons. The van der Waals surface area contributed by atoms with Crippen LogP contribution in [-0.4, -0.2) is 57.7 Å². The van der Waals surface area contributed by atoms with E-state index in [9.17, 15) is 9.59 Å². The van der Waals surface area contributed by atoms with Gasteiger partial charge in [0.05, 0.1) is 5.88 Å². The van der Waals surface area contributed by atoms with Gasteiger partial charge in [-0.1, -0.05) is 19.8 Å². The smallest absolute Gasteiger partial charge is 0.327 e. The van der Waals surface area contributed by atoms with Crippen LogP contribution in [0.15, 0.2) is 0 Å². The molecule has 0 aromatic heterocycles. The zero-order chi connectivity index (χ0) is 14.0. The predicted octanol–water partition coefficient (Wildman–Crippen LogP) is 2.08. The molecule has 2 rings (SSSR count). The molecular weight excluding hydrogens is 264 g/mol. The zero-order valence-corrected chi connectivity index (χ0v) is 12.4. The number of carbonyl (C=O) groups excluding carboxylic acids is 1. The third kappa shape index (κ3) is 2.99. The Morgan fingerprint density at radius 1 is 1.32 bits per heavy atom. The molecule has 108 valence electrons. The molecule has 2 fully saturated rings. The summed E-state index contributed by atoms with van der Waals surface area (Å²) in [7, 11) is 1.82. The Hall–Kier alpha value is -0.910. The maximum atomic E-state index is 12.5. The summed E-state index contributed by atoms with van der Waals surface area (Å²) in [5.74, 6) is 0.584. The highest BCUT2D eigenvalue weighted by atomic mass is 32.2. The third-order valence-corrected chi connectivity index (χ3v) is 5.29. The predicted molar refractivity (Wildman–Crippen MR) is 75.2 cm³/mol. The van der Waals surface area contributed by atoms with E-state index in [0.29, 0.717) is 17.5 Å². The summed E-state index contributed by atoms with van der Waals surface area (Å²) in [6, 6.07) is -0.545. The van der Waals surface area contributed by atoms with Crippen molar-refractivity contribution in [2.24, 2.45) is 5.92 Å². The van der Waals surface area contributed by atoms with Crippen LogP contribution in [0.3, 0.4) is 0 Å². The van der Waals surface area contributed by atoms with Gasteiger partial charge < -0.3 is 14.9 Å². The summed E-state index contributed by atoms with van der Waals surface area (Å²) in [6.07, 6.45) is 4.57. The molecule has 19 heavy (non-hydrogen) atoms. The lowest BCUT2D eigenvalue weighted by Crippen LogP contribution is -2.52. The third-order valence-electron chi connectivity index (χ3n) is 4.28. The molecule has 2 aliphatic rings. The second-order valence-corrected chi connectivity index (χ2v) is 6.55. The van der Waals surface area contributed by atoms with Gasteiger partial charge in [0, 0.05) is 18.8 Å². The summed E-state index contributed by atoms with van der Waals surface area (Å²) in [5.41, 5.74) is 0. The van der Waals surface area contributed by atoms with E-state index in [1.54, 1.807) is 4.90 Å². The first-order chi connectivity index (χ1) is 9.02. The summed E-state index contributed by atoms with van der Waals surface area (Å²) >= 11 is 1.51. The quantitative estimate of drug-likeness (QED) is 0.844. The summed E-state index contributed by atoms with van der Waals surface area (Å²) in [4.78, 5) is 26.9. The van der Waals surface area contributed by atoms with Crippen LogP contribution in [0.5, 0.6) is 0 Å². The molecule has 0 aromatic carbocycles. The molecule has 0 aromatic rings. The molecule has 0 spiro atoms. The fourth-order valence-corrected chi connectivity index (χ4v) is 4.19. The Morgan fingerprint density at radius 2 is 2.00 bits per heavy atom. The van der Waals surface area contributed by atoms with Crippen molar-refractivity contribution in [3.8, 4) is 0 Å². The van der Waals surface area contributed by atoms with Crippen molar-refractivity contribution in [1.82, 2.24) is 9.80 Å². The Balaban J connectivity index is 2.03. The lowest BCUT2D eigenvalue weighted by molar-refractivity contribution is -0.141. The van der Waals surface area contributed by atoms with Gasteiger partial charge in [0.25, 0.3) is 0 Å². The standard InChI is InChI=1S/C13H22N2O3S/c1-9-5-3-4-6-10(9)14(2)13(18)15-8-19-7-11(15)12(16)17/h9-11H,3-8H2,1-2H3,(H,16,17). The molecule has 1 aliphatic carbocycles. The molecule has 6 heteroatoms. The molecule has 1 N–H and O–H groups in total. The van der Waals surface area contributed by atoms with Crippen LogP contribution in [0.4, 0.5) is 4.79 Å². The lowest BCUT2D eigenvalue weighted by Gasteiger charge is -2.38. The van der Waals surface area contributed by atoms with Crippen LogP contribution in [0.1, 0.15) is 32.6 Å². The summed E-state index contributed by atoms with van der Waals surface area (Å²) in [6.45, 7) is 2.18. The first-order valence-electron chi connectivity index (χ1n) is 6.86. The van der Waals surface area contributed by atoms with Crippen LogP contribution in [0, 0.1) is 5.92 Å². The number of thioether (sulfide) groups is 1. The topological polar surface area (TPSA) is 60.9 Å². The van der Waals surface area contributed by atoms with Gasteiger partial charge in [-0.2, -0.15) is 0 Å². The molecule has 1 saturated heterocycles. The van der Waals surface area contributed by atoms with Crippen molar-refractivity contribution in [2.45, 2.75) is 44.7 Å². The Labute approximate surface area is 118 Å². The minimum atomic E-state index is -0.900. The van der Waals surface area contributed by atoms with E-state index >= 15 is 0 Å². The first kappa shape index (κ1) is 14.5. The van der Waals surface area contributed by atoms with Crippen LogP contribution in [-0.2, 0) is 4.79 Å². The van der Waals surface area contributed by atoms with Gasteiger partial charge in [0.1, 0.15) is 6.04 Å². The van der Waals surface area contributed by atoms with Gasteiger partial charge in [0.15, 0.2) is 0 Å². The van der Waals surface area contributed by atoms with Gasteiger partial charge in [-0.15, -0.1) is 11.8 Å². The SMILES string of the molecule is CC1CCCCC1N(C)C(=O)N1CSCC1C(=O)O. The van der Waals surface area contributed by atoms with Crippen molar-refractivity contribution in [1.29, 1.82) is 0 Å². The molecule has 1 aliphatic heterocycles. The fraction of sp³-hybridized carbons (Fsp3) is 0.846. The average molecular weight is 286 g/mol. The zero-order valence-electron chi connectivity index (χ0n) is 11.5. The van der Waals surface area contributed by atoms with Crippen molar-refractivity contribution in [3.63, 3.8) is 0 Å². The number of carboxylic acid groups (broad SMARTS) is 1. The van der Waals surface area contributed by atoms with Crippen LogP contribution >= 0.6 is 11.8 Å². The molecule has 3 unspecified atom stereocenters. The van der Waals surface area contributed by atoms with E-state index in [1.807, 2.05) is 7.05 Å². The minimum Gasteiger partial charge on any atom is -0.480 e. The number of hydrogen-bond donors (Lipinski definition) is 1. The van der Waals surface area contributed by atoms with Crippen molar-refractivity contribution >= 4 is 23.8 Å². The lowest BCUT2D eigenvalue weighted by atomic mass is 9.85. The highest BCUT2D eigenvalue weighted by Crippen LogP contribution is 2.29. The number of urea groups is 1. The van der Waals surface area contributed by atoms with E-state index in [4.69, 9.17) is 5.11 Å². The van der Waals surface area contributed by atoms with Crippen molar-refractivity contribution < 1.29 is 14.7 Å². The van der Waals surface area contributed by atoms with E-state index in [1.165, 1.54) is 23.1 Å². The van der Waals surface area contributed by atoms with E-state index in [2.05, 4.69) is 6.92 Å². The molecular formula is C13H22N2O3S. The number of aliphatic carboxylic acids is 1. The first-order valence-corrected chi connectivity index (χ1v) is 8.02. The Morgan fingerprint density at radius 3 is 2.63 bits per heavy atom. The Bertz CT molecular complexity index is 364. The number of carbonyl (C=O) groups is 2. The van der Waals surface area contributed by atoms with Crippen molar-refractivity contribution in [3.05, 3.63) is 0 Å². The molecule has 0 bridgehead atoms. The molecule has 1 saturated carbocycles. The fourth-order valence-electron chi connectivity index (χ4n) is 3.05. The molecule has 5 nitrogen and oxygen atoms in total. The Kier molecular flexibility index (Phi) is 4.60. The van der Waals surface area contributed by atoms with Gasteiger partial charge in [-0.3, -0.25) is 0 Å². The summed E-state index contributed by atoms with van der Waals surface area (Å²) < 4.78 is 0. The van der Waals surface area contributed by atoms with Crippen molar-refractivity contribution in [2.75, 3.05) is 18.7 Å². The molecule has 3 atom stereocenters. The number of hydrogen-bond acceptors (Lipinski definition) is 3. The molecule has 1 heterocycles. The minimum absolute atomic E-state index is 0.129. The number of rotatable bonds is 2. The van der Waals surface area contributed by atoms with Gasteiger partial charge in [-0.25, -0.2) is 9.59 Å². The molecule has 2 amide bonds. The number of amides is 2. The van der Waals surface area contributed by atoms with E-state index in [-0.39, 0.29) is 12.1 Å². The second-order valence-electron chi connectivity index (χ2n) is 5.55. The summed E-state index contributed by atoms with van der Waals surface area (Å²) in [5, 5.41) is 9.15. The van der Waals surface area contributed by atoms with Crippen LogP contribution in [0.2, 0.25) is 0 Å². The van der Waals surface area contributed by atoms with Crippen LogP contribution in [0.25, 0.3) is 0 Å². The van der Waals surface area contributed by atoms with E-state index in [0.717, 1.165) is 19.3 Å². The number of carboxylic acids is 1. The van der Waals surface area contributed by atoms with Gasteiger partial charge in [0.2, 0.25) is 0 Å². The number of nitrogens with zero attached hydrogens (tertiary/aromatic N) is 2. The monoisotopic (exact) mass is 286 g/mol. The maximum Gasteiger partial charge on any atom is 0.327 e. The largest absolute Gasteiger partial charge is 0.480 e. The maximum absolute atomic E-state index is 12.5.